The number of rotatable bonds is 3. The molecule has 26 heavy (non-hydrogen) atoms. The summed E-state index contributed by atoms with van der Waals surface area (Å²) in [6, 6.07) is 13.4. The van der Waals surface area contributed by atoms with Crippen LogP contribution < -0.4 is 4.90 Å². The Bertz CT molecular complexity index is 983. The maximum absolute atomic E-state index is 12.5. The Kier molecular flexibility index (Phi) is 4.24. The molecule has 1 fully saturated rings. The van der Waals surface area contributed by atoms with E-state index in [0.717, 1.165) is 16.8 Å². The van der Waals surface area contributed by atoms with Crippen LogP contribution in [0, 0.1) is 13.8 Å². The summed E-state index contributed by atoms with van der Waals surface area (Å²) >= 11 is 6.20. The number of anilines is 1. The molecule has 6 heteroatoms. The zero-order chi connectivity index (χ0) is 18.3. The van der Waals surface area contributed by atoms with Crippen LogP contribution in [0.3, 0.4) is 0 Å². The standard InChI is InChI=1S/C20H18ClN3O2/c1-12-7-8-15(9-13(12)2)24-11-14(10-18(24)25)20-22-19(23-26-20)16-5-3-4-6-17(16)21/h3-9,14H,10-11H2,1-2H3/t14-/m0/s1. The average molecular weight is 368 g/mol. The molecule has 2 heterocycles. The summed E-state index contributed by atoms with van der Waals surface area (Å²) in [5.41, 5.74) is 4.00. The lowest BCUT2D eigenvalue weighted by Gasteiger charge is -2.17. The summed E-state index contributed by atoms with van der Waals surface area (Å²) in [5.74, 6) is 0.867. The van der Waals surface area contributed by atoms with Crippen molar-refractivity contribution in [2.45, 2.75) is 26.2 Å². The molecule has 0 unspecified atom stereocenters. The number of aryl methyl sites for hydroxylation is 2. The molecule has 0 spiro atoms. The molecule has 2 aromatic carbocycles. The zero-order valence-corrected chi connectivity index (χ0v) is 15.3. The second-order valence-corrected chi connectivity index (χ2v) is 7.02. The Morgan fingerprint density at radius 1 is 1.15 bits per heavy atom. The summed E-state index contributed by atoms with van der Waals surface area (Å²) in [6.45, 7) is 4.64. The normalized spacial score (nSPS) is 17.1. The van der Waals surface area contributed by atoms with Gasteiger partial charge in [0.25, 0.3) is 0 Å². The van der Waals surface area contributed by atoms with Crippen LogP contribution >= 0.6 is 11.6 Å². The number of nitrogens with zero attached hydrogens (tertiary/aromatic N) is 3. The molecule has 4 rings (SSSR count). The van der Waals surface area contributed by atoms with Crippen molar-refractivity contribution in [1.29, 1.82) is 0 Å². The monoisotopic (exact) mass is 367 g/mol. The number of amides is 1. The molecule has 1 aromatic heterocycles. The Morgan fingerprint density at radius 2 is 1.96 bits per heavy atom. The molecule has 1 aliphatic rings. The van der Waals surface area contributed by atoms with Crippen LogP contribution in [0.25, 0.3) is 11.4 Å². The van der Waals surface area contributed by atoms with E-state index in [1.807, 2.05) is 43.3 Å². The molecular weight excluding hydrogens is 350 g/mol. The van der Waals surface area contributed by atoms with Gasteiger partial charge in [0.15, 0.2) is 0 Å². The van der Waals surface area contributed by atoms with Gasteiger partial charge >= 0.3 is 0 Å². The molecule has 0 bridgehead atoms. The largest absolute Gasteiger partial charge is 0.339 e. The third kappa shape index (κ3) is 2.99. The smallest absolute Gasteiger partial charge is 0.232 e. The Labute approximate surface area is 156 Å². The van der Waals surface area contributed by atoms with Gasteiger partial charge in [-0.3, -0.25) is 4.79 Å². The molecule has 0 radical (unpaired) electrons. The number of hydrogen-bond donors (Lipinski definition) is 0. The molecule has 0 aliphatic carbocycles. The van der Waals surface area contributed by atoms with E-state index in [2.05, 4.69) is 17.1 Å². The van der Waals surface area contributed by atoms with Gasteiger partial charge in [0.1, 0.15) is 0 Å². The SMILES string of the molecule is Cc1ccc(N2C[C@@H](c3nc(-c4ccccc4Cl)no3)CC2=O)cc1C. The minimum Gasteiger partial charge on any atom is -0.339 e. The van der Waals surface area contributed by atoms with Crippen LogP contribution in [0.5, 0.6) is 0 Å². The lowest BCUT2D eigenvalue weighted by atomic mass is 10.1. The van der Waals surface area contributed by atoms with Crippen LogP contribution in [-0.2, 0) is 4.79 Å². The minimum absolute atomic E-state index is 0.0655. The van der Waals surface area contributed by atoms with E-state index in [0.29, 0.717) is 29.7 Å². The van der Waals surface area contributed by atoms with Gasteiger partial charge in [-0.1, -0.05) is 35.0 Å². The van der Waals surface area contributed by atoms with Crippen LogP contribution in [0.2, 0.25) is 5.02 Å². The van der Waals surface area contributed by atoms with Crippen molar-refractivity contribution in [2.24, 2.45) is 0 Å². The van der Waals surface area contributed by atoms with E-state index >= 15 is 0 Å². The molecule has 132 valence electrons. The lowest BCUT2D eigenvalue weighted by Crippen LogP contribution is -2.24. The first-order chi connectivity index (χ1) is 12.5. The van der Waals surface area contributed by atoms with E-state index in [1.165, 1.54) is 5.56 Å². The quantitative estimate of drug-likeness (QED) is 0.682. The number of carbonyl (C=O) groups excluding carboxylic acids is 1. The Hall–Kier alpha value is -2.66. The summed E-state index contributed by atoms with van der Waals surface area (Å²) in [4.78, 5) is 18.8. The molecule has 1 atom stereocenters. The minimum atomic E-state index is -0.118. The molecule has 5 nitrogen and oxygen atoms in total. The maximum Gasteiger partial charge on any atom is 0.232 e. The van der Waals surface area contributed by atoms with Gasteiger partial charge in [-0.15, -0.1) is 0 Å². The van der Waals surface area contributed by atoms with Crippen molar-refractivity contribution in [2.75, 3.05) is 11.4 Å². The number of aromatic nitrogens is 2. The molecule has 3 aromatic rings. The van der Waals surface area contributed by atoms with E-state index in [1.54, 1.807) is 11.0 Å². The average Bonchev–Trinajstić information content (AvgIpc) is 3.25. The molecule has 1 saturated heterocycles. The summed E-state index contributed by atoms with van der Waals surface area (Å²) in [5, 5.41) is 4.61. The molecule has 0 saturated carbocycles. The van der Waals surface area contributed by atoms with Gasteiger partial charge < -0.3 is 9.42 Å². The summed E-state index contributed by atoms with van der Waals surface area (Å²) < 4.78 is 5.43. The Balaban J connectivity index is 1.58. The lowest BCUT2D eigenvalue weighted by molar-refractivity contribution is -0.117. The van der Waals surface area contributed by atoms with Gasteiger partial charge in [0.2, 0.25) is 17.6 Å². The number of carbonyl (C=O) groups is 1. The highest BCUT2D eigenvalue weighted by Crippen LogP contribution is 2.33. The van der Waals surface area contributed by atoms with E-state index < -0.39 is 0 Å². The fourth-order valence-corrected chi connectivity index (χ4v) is 3.39. The van der Waals surface area contributed by atoms with E-state index in [9.17, 15) is 4.79 Å². The fourth-order valence-electron chi connectivity index (χ4n) is 3.17. The zero-order valence-electron chi connectivity index (χ0n) is 14.6. The van der Waals surface area contributed by atoms with Crippen LogP contribution in [0.1, 0.15) is 29.4 Å². The van der Waals surface area contributed by atoms with Gasteiger partial charge in [-0.2, -0.15) is 4.98 Å². The topological polar surface area (TPSA) is 59.2 Å². The predicted molar refractivity (Wildman–Crippen MR) is 100 cm³/mol. The highest BCUT2D eigenvalue weighted by molar-refractivity contribution is 6.33. The maximum atomic E-state index is 12.5. The van der Waals surface area contributed by atoms with Gasteiger partial charge in [0.05, 0.1) is 10.9 Å². The van der Waals surface area contributed by atoms with Crippen molar-refractivity contribution >= 4 is 23.2 Å². The third-order valence-electron chi connectivity index (χ3n) is 4.83. The van der Waals surface area contributed by atoms with Crippen molar-refractivity contribution < 1.29 is 9.32 Å². The number of halogens is 1. The number of benzene rings is 2. The van der Waals surface area contributed by atoms with Crippen LogP contribution in [-0.4, -0.2) is 22.6 Å². The van der Waals surface area contributed by atoms with Crippen LogP contribution in [0.4, 0.5) is 5.69 Å². The van der Waals surface area contributed by atoms with Crippen LogP contribution in [0.15, 0.2) is 47.0 Å². The Morgan fingerprint density at radius 3 is 2.73 bits per heavy atom. The predicted octanol–water partition coefficient (Wildman–Crippen LogP) is 4.53. The highest BCUT2D eigenvalue weighted by atomic mass is 35.5. The first-order valence-electron chi connectivity index (χ1n) is 8.49. The van der Waals surface area contributed by atoms with Gasteiger partial charge in [-0.05, 0) is 49.2 Å². The van der Waals surface area contributed by atoms with Gasteiger partial charge in [0, 0.05) is 24.2 Å². The van der Waals surface area contributed by atoms with E-state index in [-0.39, 0.29) is 11.8 Å². The molecule has 1 aliphatic heterocycles. The first-order valence-corrected chi connectivity index (χ1v) is 8.87. The molecular formula is C20H18ClN3O2. The fraction of sp³-hybridized carbons (Fsp3) is 0.250. The molecule has 1 amide bonds. The van der Waals surface area contributed by atoms with Gasteiger partial charge in [-0.25, -0.2) is 0 Å². The van der Waals surface area contributed by atoms with Crippen molar-refractivity contribution in [3.05, 3.63) is 64.5 Å². The molecule has 0 N–H and O–H groups in total. The second-order valence-electron chi connectivity index (χ2n) is 6.61. The van der Waals surface area contributed by atoms with Crippen molar-refractivity contribution in [3.8, 4) is 11.4 Å². The highest BCUT2D eigenvalue weighted by Gasteiger charge is 2.35. The number of hydrogen-bond acceptors (Lipinski definition) is 4. The van der Waals surface area contributed by atoms with E-state index in [4.69, 9.17) is 16.1 Å². The van der Waals surface area contributed by atoms with Crippen molar-refractivity contribution in [3.63, 3.8) is 0 Å². The summed E-state index contributed by atoms with van der Waals surface area (Å²) in [7, 11) is 0. The first kappa shape index (κ1) is 16.8. The third-order valence-corrected chi connectivity index (χ3v) is 5.16. The second kappa shape index (κ2) is 6.57. The summed E-state index contributed by atoms with van der Waals surface area (Å²) in [6.07, 6.45) is 0.358. The van der Waals surface area contributed by atoms with Crippen molar-refractivity contribution in [1.82, 2.24) is 10.1 Å².